The van der Waals surface area contributed by atoms with Crippen LogP contribution in [0.15, 0.2) is 72.7 Å². The molecule has 0 spiro atoms. The number of aliphatic hydroxyl groups excluding tert-OH is 1. The number of hydrogen-bond acceptors (Lipinski definition) is 6. The normalized spacial score (nSPS) is 17.6. The van der Waals surface area contributed by atoms with Crippen LogP contribution in [0, 0.1) is 0 Å². The highest BCUT2D eigenvalue weighted by Gasteiger charge is 2.47. The SMILES string of the molecule is CCOc1ccc(Cl)c(/C(O)=C2\C(=O)C(=O)N(Cc3cccnc3)C2c2ccccn2)c1. The van der Waals surface area contributed by atoms with Crippen molar-refractivity contribution < 1.29 is 19.4 Å². The summed E-state index contributed by atoms with van der Waals surface area (Å²) in [6.07, 6.45) is 4.82. The van der Waals surface area contributed by atoms with E-state index in [0.29, 0.717) is 18.1 Å². The Balaban J connectivity index is 1.87. The molecule has 3 aromatic rings. The molecule has 1 saturated heterocycles. The van der Waals surface area contributed by atoms with Crippen molar-refractivity contribution in [1.82, 2.24) is 14.9 Å². The van der Waals surface area contributed by atoms with Crippen molar-refractivity contribution in [2.75, 3.05) is 6.61 Å². The molecule has 2 aromatic heterocycles. The summed E-state index contributed by atoms with van der Waals surface area (Å²) >= 11 is 6.33. The van der Waals surface area contributed by atoms with Crippen molar-refractivity contribution in [3.05, 3.63) is 94.5 Å². The molecule has 4 rings (SSSR count). The Labute approximate surface area is 190 Å². The molecule has 0 radical (unpaired) electrons. The van der Waals surface area contributed by atoms with Gasteiger partial charge < -0.3 is 14.7 Å². The molecule has 1 aliphatic heterocycles. The fourth-order valence-corrected chi connectivity index (χ4v) is 3.87. The summed E-state index contributed by atoms with van der Waals surface area (Å²) in [6, 6.07) is 12.7. The molecule has 1 aromatic carbocycles. The number of benzene rings is 1. The molecule has 0 saturated carbocycles. The summed E-state index contributed by atoms with van der Waals surface area (Å²) in [5.74, 6) is -1.43. The monoisotopic (exact) mass is 449 g/mol. The first-order chi connectivity index (χ1) is 15.5. The Hall–Kier alpha value is -3.71. The van der Waals surface area contributed by atoms with Crippen molar-refractivity contribution in [3.8, 4) is 5.75 Å². The van der Waals surface area contributed by atoms with E-state index in [0.717, 1.165) is 5.56 Å². The fourth-order valence-electron chi connectivity index (χ4n) is 3.66. The molecule has 8 heteroatoms. The predicted molar refractivity (Wildman–Crippen MR) is 119 cm³/mol. The Morgan fingerprint density at radius 3 is 2.69 bits per heavy atom. The third-order valence-electron chi connectivity index (χ3n) is 5.09. The molecule has 7 nitrogen and oxygen atoms in total. The largest absolute Gasteiger partial charge is 0.507 e. The summed E-state index contributed by atoms with van der Waals surface area (Å²) in [7, 11) is 0. The zero-order valence-electron chi connectivity index (χ0n) is 17.2. The van der Waals surface area contributed by atoms with E-state index in [1.807, 2.05) is 13.0 Å². The molecule has 1 aliphatic rings. The quantitative estimate of drug-likeness (QED) is 0.345. The van der Waals surface area contributed by atoms with Crippen molar-refractivity contribution in [2.24, 2.45) is 0 Å². The van der Waals surface area contributed by atoms with Gasteiger partial charge in [-0.1, -0.05) is 23.7 Å². The first kappa shape index (κ1) is 21.5. The number of carbonyl (C=O) groups is 2. The van der Waals surface area contributed by atoms with E-state index in [-0.39, 0.29) is 28.5 Å². The number of aliphatic hydroxyl groups is 1. The van der Waals surface area contributed by atoms with Gasteiger partial charge >= 0.3 is 0 Å². The van der Waals surface area contributed by atoms with Crippen molar-refractivity contribution in [2.45, 2.75) is 19.5 Å². The third-order valence-corrected chi connectivity index (χ3v) is 5.42. The van der Waals surface area contributed by atoms with Gasteiger partial charge in [-0.15, -0.1) is 0 Å². The highest BCUT2D eigenvalue weighted by molar-refractivity contribution is 6.46. The van der Waals surface area contributed by atoms with E-state index in [4.69, 9.17) is 16.3 Å². The molecule has 1 N–H and O–H groups in total. The fraction of sp³-hybridized carbons (Fsp3) is 0.167. The molecular weight excluding hydrogens is 430 g/mol. The minimum Gasteiger partial charge on any atom is -0.507 e. The number of Topliss-reactive ketones (excluding diaryl/α,β-unsaturated/α-hetero) is 1. The van der Waals surface area contributed by atoms with Crippen molar-refractivity contribution in [3.63, 3.8) is 0 Å². The van der Waals surface area contributed by atoms with Gasteiger partial charge in [-0.25, -0.2) is 0 Å². The van der Waals surface area contributed by atoms with E-state index >= 15 is 0 Å². The topological polar surface area (TPSA) is 92.6 Å². The Bertz CT molecular complexity index is 1180. The zero-order chi connectivity index (χ0) is 22.7. The summed E-state index contributed by atoms with van der Waals surface area (Å²) in [4.78, 5) is 35.9. The number of amides is 1. The van der Waals surface area contributed by atoms with Crippen LogP contribution in [-0.4, -0.2) is 38.3 Å². The van der Waals surface area contributed by atoms with E-state index in [1.165, 1.54) is 4.90 Å². The number of aromatic nitrogens is 2. The molecule has 162 valence electrons. The lowest BCUT2D eigenvalue weighted by Crippen LogP contribution is -2.29. The van der Waals surface area contributed by atoms with Gasteiger partial charge in [0.2, 0.25) is 0 Å². The van der Waals surface area contributed by atoms with Gasteiger partial charge in [-0.2, -0.15) is 0 Å². The van der Waals surface area contributed by atoms with Crippen LogP contribution in [0.25, 0.3) is 5.76 Å². The van der Waals surface area contributed by atoms with Crippen LogP contribution in [0.2, 0.25) is 5.02 Å². The van der Waals surface area contributed by atoms with Gasteiger partial charge in [-0.3, -0.25) is 19.6 Å². The van der Waals surface area contributed by atoms with E-state index in [1.54, 1.807) is 61.1 Å². The minimum absolute atomic E-state index is 0.0758. The van der Waals surface area contributed by atoms with Gasteiger partial charge in [-0.05, 0) is 48.9 Å². The second-order valence-corrected chi connectivity index (χ2v) is 7.52. The van der Waals surface area contributed by atoms with Crippen LogP contribution >= 0.6 is 11.6 Å². The molecule has 1 amide bonds. The standard InChI is InChI=1S/C24H20ClN3O4/c1-2-32-16-8-9-18(25)17(12-16)22(29)20-21(19-7-3-4-11-27-19)28(24(31)23(20)30)14-15-6-5-10-26-13-15/h3-13,21,29H,2,14H2,1H3/b22-20+. The summed E-state index contributed by atoms with van der Waals surface area (Å²) in [5.41, 5.74) is 1.33. The van der Waals surface area contributed by atoms with E-state index < -0.39 is 17.7 Å². The number of carbonyl (C=O) groups excluding carboxylic acids is 2. The Morgan fingerprint density at radius 2 is 2.00 bits per heavy atom. The lowest BCUT2D eigenvalue weighted by Gasteiger charge is -2.24. The number of pyridine rings is 2. The number of halogens is 1. The number of likely N-dealkylation sites (tertiary alicyclic amines) is 1. The lowest BCUT2D eigenvalue weighted by molar-refractivity contribution is -0.140. The highest BCUT2D eigenvalue weighted by Crippen LogP contribution is 2.41. The maximum absolute atomic E-state index is 13.1. The average Bonchev–Trinajstić information content (AvgIpc) is 3.06. The number of hydrogen-bond donors (Lipinski definition) is 1. The molecule has 0 aliphatic carbocycles. The molecule has 1 fully saturated rings. The van der Waals surface area contributed by atoms with Gasteiger partial charge in [0, 0.05) is 30.7 Å². The number of nitrogens with zero attached hydrogens (tertiary/aromatic N) is 3. The molecular formula is C24H20ClN3O4. The van der Waals surface area contributed by atoms with E-state index in [9.17, 15) is 14.7 Å². The summed E-state index contributed by atoms with van der Waals surface area (Å²) in [5, 5.41) is 11.4. The second-order valence-electron chi connectivity index (χ2n) is 7.12. The maximum Gasteiger partial charge on any atom is 0.296 e. The average molecular weight is 450 g/mol. The zero-order valence-corrected chi connectivity index (χ0v) is 18.0. The van der Waals surface area contributed by atoms with Gasteiger partial charge in [0.1, 0.15) is 17.6 Å². The molecule has 3 heterocycles. The smallest absolute Gasteiger partial charge is 0.296 e. The molecule has 1 atom stereocenters. The van der Waals surface area contributed by atoms with Crippen molar-refractivity contribution >= 4 is 29.1 Å². The van der Waals surface area contributed by atoms with E-state index in [2.05, 4.69) is 9.97 Å². The first-order valence-electron chi connectivity index (χ1n) is 10.0. The maximum atomic E-state index is 13.1. The van der Waals surface area contributed by atoms with Crippen molar-refractivity contribution in [1.29, 1.82) is 0 Å². The van der Waals surface area contributed by atoms with Crippen LogP contribution in [0.3, 0.4) is 0 Å². The van der Waals surface area contributed by atoms with Crippen LogP contribution in [-0.2, 0) is 16.1 Å². The van der Waals surface area contributed by atoms with Crippen LogP contribution < -0.4 is 4.74 Å². The highest BCUT2D eigenvalue weighted by atomic mass is 35.5. The second kappa shape index (κ2) is 9.20. The summed E-state index contributed by atoms with van der Waals surface area (Å²) < 4.78 is 5.50. The van der Waals surface area contributed by atoms with Gasteiger partial charge in [0.25, 0.3) is 11.7 Å². The summed E-state index contributed by atoms with van der Waals surface area (Å²) in [6.45, 7) is 2.38. The van der Waals surface area contributed by atoms with Gasteiger partial charge in [0.05, 0.1) is 22.9 Å². The minimum atomic E-state index is -0.886. The first-order valence-corrected chi connectivity index (χ1v) is 10.4. The number of rotatable bonds is 6. The Morgan fingerprint density at radius 1 is 1.16 bits per heavy atom. The third kappa shape index (κ3) is 4.07. The van der Waals surface area contributed by atoms with Crippen LogP contribution in [0.5, 0.6) is 5.75 Å². The van der Waals surface area contributed by atoms with Crippen LogP contribution in [0.1, 0.15) is 29.8 Å². The van der Waals surface area contributed by atoms with Gasteiger partial charge in [0.15, 0.2) is 0 Å². The van der Waals surface area contributed by atoms with Crippen LogP contribution in [0.4, 0.5) is 0 Å². The predicted octanol–water partition coefficient (Wildman–Crippen LogP) is 4.15. The molecule has 1 unspecified atom stereocenters. The molecule has 32 heavy (non-hydrogen) atoms. The molecule has 0 bridgehead atoms. The number of ketones is 1. The lowest BCUT2D eigenvalue weighted by atomic mass is 9.98. The Kier molecular flexibility index (Phi) is 6.18. The number of ether oxygens (including phenoxy) is 1.